The van der Waals surface area contributed by atoms with Gasteiger partial charge in [0.15, 0.2) is 0 Å². The summed E-state index contributed by atoms with van der Waals surface area (Å²) >= 11 is 0. The molecule has 1 aliphatic heterocycles. The Morgan fingerprint density at radius 3 is 2.68 bits per heavy atom. The highest BCUT2D eigenvalue weighted by Gasteiger charge is 2.34. The van der Waals surface area contributed by atoms with Crippen LogP contribution < -0.4 is 5.32 Å². The zero-order valence-electron chi connectivity index (χ0n) is 14.8. The van der Waals surface area contributed by atoms with Crippen LogP contribution in [0.2, 0.25) is 0 Å². The van der Waals surface area contributed by atoms with E-state index in [9.17, 15) is 9.18 Å². The minimum atomic E-state index is -0.209. The number of nitrogens with zero attached hydrogens (tertiary/aromatic N) is 1. The number of carbonyl (C=O) groups is 1. The number of halogens is 1. The first-order valence-electron chi connectivity index (χ1n) is 8.93. The summed E-state index contributed by atoms with van der Waals surface area (Å²) < 4.78 is 13.0. The molecule has 0 bridgehead atoms. The molecule has 1 amide bonds. The van der Waals surface area contributed by atoms with Crippen LogP contribution in [-0.2, 0) is 6.42 Å². The Morgan fingerprint density at radius 2 is 1.96 bits per heavy atom. The molecule has 3 nitrogen and oxygen atoms in total. The van der Waals surface area contributed by atoms with Gasteiger partial charge in [-0.15, -0.1) is 0 Å². The molecule has 4 heteroatoms. The predicted molar refractivity (Wildman–Crippen MR) is 99.4 cm³/mol. The standard InChI is InChI=1S/C21H25FN2O/c1-15-6-12-20(13-9-16-7-10-18(22)11-8-16)24(15)21(25)17-4-3-5-19(14-17)23-2/h3-5,7-8,10-11,14-15,20,23H,6,9,12-13H2,1-2H3/t15-,20-/m1/s1. The minimum absolute atomic E-state index is 0.103. The maximum atomic E-state index is 13.0. The lowest BCUT2D eigenvalue weighted by Crippen LogP contribution is -2.40. The molecule has 1 saturated heterocycles. The van der Waals surface area contributed by atoms with Gasteiger partial charge >= 0.3 is 0 Å². The van der Waals surface area contributed by atoms with E-state index in [1.54, 1.807) is 0 Å². The van der Waals surface area contributed by atoms with Gasteiger partial charge in [0.05, 0.1) is 0 Å². The quantitative estimate of drug-likeness (QED) is 0.869. The molecule has 25 heavy (non-hydrogen) atoms. The van der Waals surface area contributed by atoms with E-state index in [-0.39, 0.29) is 23.8 Å². The zero-order chi connectivity index (χ0) is 17.8. The van der Waals surface area contributed by atoms with Crippen LogP contribution in [0.15, 0.2) is 48.5 Å². The molecule has 1 N–H and O–H groups in total. The topological polar surface area (TPSA) is 32.3 Å². The monoisotopic (exact) mass is 340 g/mol. The molecule has 2 atom stereocenters. The molecule has 0 spiro atoms. The Labute approximate surface area is 148 Å². The first-order valence-corrected chi connectivity index (χ1v) is 8.93. The van der Waals surface area contributed by atoms with Gasteiger partial charge in [-0.1, -0.05) is 18.2 Å². The highest BCUT2D eigenvalue weighted by atomic mass is 19.1. The van der Waals surface area contributed by atoms with Crippen LogP contribution in [0.25, 0.3) is 0 Å². The first kappa shape index (κ1) is 17.5. The first-order chi connectivity index (χ1) is 12.1. The van der Waals surface area contributed by atoms with Gasteiger partial charge in [-0.25, -0.2) is 4.39 Å². The fourth-order valence-corrected chi connectivity index (χ4v) is 3.66. The Kier molecular flexibility index (Phi) is 5.37. The van der Waals surface area contributed by atoms with E-state index in [4.69, 9.17) is 0 Å². The second-order valence-electron chi connectivity index (χ2n) is 6.79. The van der Waals surface area contributed by atoms with Crippen molar-refractivity contribution in [3.05, 3.63) is 65.5 Å². The van der Waals surface area contributed by atoms with Crippen molar-refractivity contribution in [2.24, 2.45) is 0 Å². The second-order valence-corrected chi connectivity index (χ2v) is 6.79. The fraction of sp³-hybridized carbons (Fsp3) is 0.381. The number of carbonyl (C=O) groups excluding carboxylic acids is 1. The molecule has 0 unspecified atom stereocenters. The molecule has 1 aliphatic rings. The van der Waals surface area contributed by atoms with Crippen molar-refractivity contribution >= 4 is 11.6 Å². The zero-order valence-corrected chi connectivity index (χ0v) is 14.8. The molecule has 3 rings (SSSR count). The number of anilines is 1. The van der Waals surface area contributed by atoms with Gasteiger partial charge in [-0.3, -0.25) is 4.79 Å². The van der Waals surface area contributed by atoms with Gasteiger partial charge in [0, 0.05) is 30.4 Å². The number of aryl methyl sites for hydroxylation is 1. The van der Waals surface area contributed by atoms with Gasteiger partial charge < -0.3 is 10.2 Å². The summed E-state index contributed by atoms with van der Waals surface area (Å²) in [6.07, 6.45) is 3.83. The van der Waals surface area contributed by atoms with Crippen LogP contribution in [0, 0.1) is 5.82 Å². The third-order valence-corrected chi connectivity index (χ3v) is 5.10. The molecule has 0 radical (unpaired) electrons. The summed E-state index contributed by atoms with van der Waals surface area (Å²) in [7, 11) is 1.85. The Hall–Kier alpha value is -2.36. The van der Waals surface area contributed by atoms with Crippen molar-refractivity contribution in [3.63, 3.8) is 0 Å². The van der Waals surface area contributed by atoms with Gasteiger partial charge in [-0.2, -0.15) is 0 Å². The van der Waals surface area contributed by atoms with Crippen molar-refractivity contribution in [2.75, 3.05) is 12.4 Å². The number of hydrogen-bond acceptors (Lipinski definition) is 2. The molecular weight excluding hydrogens is 315 g/mol. The van der Waals surface area contributed by atoms with E-state index in [1.807, 2.05) is 48.3 Å². The van der Waals surface area contributed by atoms with Crippen molar-refractivity contribution in [1.82, 2.24) is 4.90 Å². The Bertz CT molecular complexity index is 729. The van der Waals surface area contributed by atoms with Crippen molar-refractivity contribution in [3.8, 4) is 0 Å². The molecule has 132 valence electrons. The summed E-state index contributed by atoms with van der Waals surface area (Å²) in [5, 5.41) is 3.09. The molecule has 2 aromatic carbocycles. The van der Waals surface area contributed by atoms with Gasteiger partial charge in [0.2, 0.25) is 0 Å². The molecule has 0 aromatic heterocycles. The lowest BCUT2D eigenvalue weighted by Gasteiger charge is -2.29. The lowest BCUT2D eigenvalue weighted by atomic mass is 10.0. The fourth-order valence-electron chi connectivity index (χ4n) is 3.66. The van der Waals surface area contributed by atoms with Gasteiger partial charge in [0.1, 0.15) is 5.82 Å². The van der Waals surface area contributed by atoms with E-state index in [0.29, 0.717) is 0 Å². The summed E-state index contributed by atoms with van der Waals surface area (Å²) in [5.41, 5.74) is 2.79. The highest BCUT2D eigenvalue weighted by molar-refractivity contribution is 5.95. The number of amides is 1. The molecule has 0 aliphatic carbocycles. The summed E-state index contributed by atoms with van der Waals surface area (Å²) in [6, 6.07) is 14.8. The minimum Gasteiger partial charge on any atom is -0.388 e. The SMILES string of the molecule is CNc1cccc(C(=O)N2[C@@H](CCc3ccc(F)cc3)CC[C@H]2C)c1. The average Bonchev–Trinajstić information content (AvgIpc) is 3.01. The van der Waals surface area contributed by atoms with E-state index >= 15 is 0 Å². The number of nitrogens with one attached hydrogen (secondary N) is 1. The summed E-state index contributed by atoms with van der Waals surface area (Å²) in [4.78, 5) is 15.1. The van der Waals surface area contributed by atoms with Crippen molar-refractivity contribution in [2.45, 2.75) is 44.7 Å². The van der Waals surface area contributed by atoms with E-state index in [1.165, 1.54) is 12.1 Å². The Balaban J connectivity index is 1.71. The molecule has 0 saturated carbocycles. The van der Waals surface area contributed by atoms with Gasteiger partial charge in [0.25, 0.3) is 5.91 Å². The third kappa shape index (κ3) is 4.01. The van der Waals surface area contributed by atoms with Crippen molar-refractivity contribution in [1.29, 1.82) is 0 Å². The van der Waals surface area contributed by atoms with E-state index in [2.05, 4.69) is 12.2 Å². The Morgan fingerprint density at radius 1 is 1.20 bits per heavy atom. The number of benzene rings is 2. The normalized spacial score (nSPS) is 19.9. The lowest BCUT2D eigenvalue weighted by molar-refractivity contribution is 0.0673. The largest absolute Gasteiger partial charge is 0.388 e. The van der Waals surface area contributed by atoms with Crippen LogP contribution >= 0.6 is 0 Å². The molecule has 1 fully saturated rings. The van der Waals surface area contributed by atoms with E-state index < -0.39 is 0 Å². The maximum Gasteiger partial charge on any atom is 0.254 e. The molecule has 2 aromatic rings. The van der Waals surface area contributed by atoms with Crippen LogP contribution in [0.3, 0.4) is 0 Å². The summed E-state index contributed by atoms with van der Waals surface area (Å²) in [6.45, 7) is 2.12. The average molecular weight is 340 g/mol. The predicted octanol–water partition coefficient (Wildman–Crippen LogP) is 4.49. The van der Waals surface area contributed by atoms with Crippen LogP contribution in [0.1, 0.15) is 42.1 Å². The second kappa shape index (κ2) is 7.68. The van der Waals surface area contributed by atoms with Crippen LogP contribution in [-0.4, -0.2) is 29.9 Å². The molecule has 1 heterocycles. The van der Waals surface area contributed by atoms with Crippen molar-refractivity contribution < 1.29 is 9.18 Å². The summed E-state index contributed by atoms with van der Waals surface area (Å²) in [5.74, 6) is -0.106. The van der Waals surface area contributed by atoms with Gasteiger partial charge in [-0.05, 0) is 68.5 Å². The number of likely N-dealkylation sites (tertiary alicyclic amines) is 1. The number of hydrogen-bond donors (Lipinski definition) is 1. The highest BCUT2D eigenvalue weighted by Crippen LogP contribution is 2.29. The maximum absolute atomic E-state index is 13.0. The molecular formula is C21H25FN2O. The third-order valence-electron chi connectivity index (χ3n) is 5.10. The smallest absolute Gasteiger partial charge is 0.254 e. The van der Waals surface area contributed by atoms with E-state index in [0.717, 1.165) is 42.5 Å². The van der Waals surface area contributed by atoms with Crippen LogP contribution in [0.4, 0.5) is 10.1 Å². The van der Waals surface area contributed by atoms with Crippen LogP contribution in [0.5, 0.6) is 0 Å². The number of rotatable bonds is 5.